The number of nitrogens with zero attached hydrogens (tertiary/aromatic N) is 1. The average Bonchev–Trinajstić information content (AvgIpc) is 2.94. The second-order valence-corrected chi connectivity index (χ2v) is 5.74. The third-order valence-corrected chi connectivity index (χ3v) is 4.05. The van der Waals surface area contributed by atoms with Gasteiger partial charge in [0.15, 0.2) is 0 Å². The van der Waals surface area contributed by atoms with Gasteiger partial charge in [-0.3, -0.25) is 0 Å². The maximum Gasteiger partial charge on any atom is 0.348 e. The molecule has 5 nitrogen and oxygen atoms in total. The first kappa shape index (κ1) is 13.2. The molecule has 1 aliphatic heterocycles. The Bertz CT molecular complexity index is 463. The van der Waals surface area contributed by atoms with Crippen LogP contribution in [-0.4, -0.2) is 36.1 Å². The smallest absolute Gasteiger partial charge is 0.348 e. The van der Waals surface area contributed by atoms with E-state index in [9.17, 15) is 9.59 Å². The van der Waals surface area contributed by atoms with E-state index in [-0.39, 0.29) is 12.6 Å². The zero-order valence-corrected chi connectivity index (χ0v) is 11.2. The number of rotatable bonds is 3. The van der Waals surface area contributed by atoms with Gasteiger partial charge in [-0.2, -0.15) is 0 Å². The summed E-state index contributed by atoms with van der Waals surface area (Å²) in [5.41, 5.74) is 5.24. The molecule has 1 saturated heterocycles. The van der Waals surface area contributed by atoms with Crippen LogP contribution in [0.25, 0.3) is 0 Å². The molecule has 2 amide bonds. The molecule has 0 saturated carbocycles. The fraction of sp³-hybridized carbons (Fsp3) is 0.455. The van der Waals surface area contributed by atoms with Gasteiger partial charge in [0.05, 0.1) is 10.4 Å². The van der Waals surface area contributed by atoms with E-state index in [1.165, 1.54) is 16.2 Å². The molecular formula is C11H13ClN2O3S. The van der Waals surface area contributed by atoms with Crippen LogP contribution in [0.5, 0.6) is 0 Å². The van der Waals surface area contributed by atoms with Gasteiger partial charge in [0.1, 0.15) is 11.5 Å². The molecule has 0 spiro atoms. The summed E-state index contributed by atoms with van der Waals surface area (Å²) in [6.45, 7) is 0.805. The minimum Gasteiger partial charge on any atom is -0.459 e. The molecule has 2 heterocycles. The Balaban J connectivity index is 1.88. The second-order valence-electron chi connectivity index (χ2n) is 4.03. The molecule has 1 aromatic rings. The largest absolute Gasteiger partial charge is 0.459 e. The number of thiophene rings is 1. The zero-order valence-electron chi connectivity index (χ0n) is 9.60. The van der Waals surface area contributed by atoms with Gasteiger partial charge in [-0.15, -0.1) is 11.3 Å². The van der Waals surface area contributed by atoms with Gasteiger partial charge >= 0.3 is 12.0 Å². The van der Waals surface area contributed by atoms with Crippen molar-refractivity contribution in [3.63, 3.8) is 0 Å². The van der Waals surface area contributed by atoms with Crippen molar-refractivity contribution in [2.75, 3.05) is 13.2 Å². The molecule has 1 atom stereocenters. The van der Waals surface area contributed by atoms with Crippen LogP contribution < -0.4 is 5.73 Å². The van der Waals surface area contributed by atoms with Gasteiger partial charge in [-0.25, -0.2) is 9.59 Å². The highest BCUT2D eigenvalue weighted by molar-refractivity contribution is 7.17. The summed E-state index contributed by atoms with van der Waals surface area (Å²) in [5.74, 6) is -0.414. The number of hydrogen-bond donors (Lipinski definition) is 1. The van der Waals surface area contributed by atoms with E-state index in [0.29, 0.717) is 15.8 Å². The molecule has 0 aromatic carbocycles. The summed E-state index contributed by atoms with van der Waals surface area (Å²) in [6.07, 6.45) is 1.69. The van der Waals surface area contributed by atoms with Crippen LogP contribution in [-0.2, 0) is 4.74 Å². The Hall–Kier alpha value is -1.27. The first-order valence-corrected chi connectivity index (χ1v) is 6.76. The normalized spacial score (nSPS) is 18.9. The van der Waals surface area contributed by atoms with Crippen LogP contribution >= 0.6 is 22.9 Å². The first-order valence-electron chi connectivity index (χ1n) is 5.56. The van der Waals surface area contributed by atoms with Crippen molar-refractivity contribution < 1.29 is 14.3 Å². The lowest BCUT2D eigenvalue weighted by atomic mass is 10.2. The topological polar surface area (TPSA) is 72.6 Å². The summed E-state index contributed by atoms with van der Waals surface area (Å²) in [5, 5.41) is 0. The Morgan fingerprint density at radius 2 is 2.33 bits per heavy atom. The molecule has 0 radical (unpaired) electrons. The lowest BCUT2D eigenvalue weighted by molar-refractivity contribution is 0.0428. The van der Waals surface area contributed by atoms with Gasteiger partial charge in [-0.05, 0) is 25.0 Å². The summed E-state index contributed by atoms with van der Waals surface area (Å²) in [6, 6.07) is 2.69. The van der Waals surface area contributed by atoms with Crippen LogP contribution in [0.1, 0.15) is 22.5 Å². The van der Waals surface area contributed by atoms with Crippen LogP contribution in [0, 0.1) is 0 Å². The van der Waals surface area contributed by atoms with Crippen molar-refractivity contribution in [1.29, 1.82) is 0 Å². The van der Waals surface area contributed by atoms with Gasteiger partial charge in [0, 0.05) is 6.54 Å². The zero-order chi connectivity index (χ0) is 13.1. The molecule has 18 heavy (non-hydrogen) atoms. The second kappa shape index (κ2) is 5.58. The summed E-state index contributed by atoms with van der Waals surface area (Å²) < 4.78 is 5.71. The van der Waals surface area contributed by atoms with Crippen molar-refractivity contribution in [2.45, 2.75) is 18.9 Å². The molecule has 2 N–H and O–H groups in total. The van der Waals surface area contributed by atoms with Crippen molar-refractivity contribution in [2.24, 2.45) is 5.73 Å². The summed E-state index contributed by atoms with van der Waals surface area (Å²) in [7, 11) is 0. The summed E-state index contributed by atoms with van der Waals surface area (Å²) in [4.78, 5) is 24.8. The van der Waals surface area contributed by atoms with Crippen LogP contribution in [0.3, 0.4) is 0 Å². The highest BCUT2D eigenvalue weighted by Crippen LogP contribution is 2.23. The fourth-order valence-electron chi connectivity index (χ4n) is 1.97. The number of hydrogen-bond acceptors (Lipinski definition) is 4. The number of amides is 2. The Labute approximate surface area is 113 Å². The standard InChI is InChI=1S/C11H13ClN2O3S/c12-9-4-3-8(18-9)10(15)17-6-7-2-1-5-14(7)11(13)16/h3-4,7H,1-2,5-6H2,(H2,13,16)/t7-/m0/s1. The van der Waals surface area contributed by atoms with Gasteiger partial charge in [-0.1, -0.05) is 11.6 Å². The molecule has 0 unspecified atom stereocenters. The molecule has 98 valence electrons. The number of likely N-dealkylation sites (tertiary alicyclic amines) is 1. The number of urea groups is 1. The Morgan fingerprint density at radius 3 is 2.94 bits per heavy atom. The monoisotopic (exact) mass is 288 g/mol. The third-order valence-electron chi connectivity index (χ3n) is 2.84. The quantitative estimate of drug-likeness (QED) is 0.866. The molecule has 2 rings (SSSR count). The number of nitrogens with two attached hydrogens (primary N) is 1. The van der Waals surface area contributed by atoms with Crippen LogP contribution in [0.2, 0.25) is 4.34 Å². The van der Waals surface area contributed by atoms with Crippen LogP contribution in [0.4, 0.5) is 4.79 Å². The van der Waals surface area contributed by atoms with Crippen LogP contribution in [0.15, 0.2) is 12.1 Å². The molecule has 7 heteroatoms. The highest BCUT2D eigenvalue weighted by atomic mass is 35.5. The molecular weight excluding hydrogens is 276 g/mol. The molecule has 0 bridgehead atoms. The van der Waals surface area contributed by atoms with E-state index in [0.717, 1.165) is 12.8 Å². The maximum absolute atomic E-state index is 11.7. The van der Waals surface area contributed by atoms with E-state index < -0.39 is 12.0 Å². The van der Waals surface area contributed by atoms with Crippen molar-refractivity contribution in [3.05, 3.63) is 21.3 Å². The van der Waals surface area contributed by atoms with Gasteiger partial charge in [0.25, 0.3) is 0 Å². The predicted octanol–water partition coefficient (Wildman–Crippen LogP) is 2.10. The molecule has 0 aliphatic carbocycles. The lowest BCUT2D eigenvalue weighted by Gasteiger charge is -2.21. The van der Waals surface area contributed by atoms with E-state index >= 15 is 0 Å². The average molecular weight is 289 g/mol. The SMILES string of the molecule is NC(=O)N1CCC[C@H]1COC(=O)c1ccc(Cl)s1. The predicted molar refractivity (Wildman–Crippen MR) is 68.9 cm³/mol. The number of halogens is 1. The van der Waals surface area contributed by atoms with Gasteiger partial charge in [0.2, 0.25) is 0 Å². The van der Waals surface area contributed by atoms with Crippen molar-refractivity contribution >= 4 is 34.9 Å². The minimum atomic E-state index is -0.465. The fourth-order valence-corrected chi connectivity index (χ4v) is 2.90. The van der Waals surface area contributed by atoms with E-state index in [4.69, 9.17) is 22.1 Å². The first-order chi connectivity index (χ1) is 8.58. The molecule has 1 aliphatic rings. The Morgan fingerprint density at radius 1 is 1.56 bits per heavy atom. The van der Waals surface area contributed by atoms with Crippen molar-refractivity contribution in [3.8, 4) is 0 Å². The minimum absolute atomic E-state index is 0.109. The number of carbonyl (C=O) groups is 2. The summed E-state index contributed by atoms with van der Waals surface area (Å²) >= 11 is 6.91. The van der Waals surface area contributed by atoms with E-state index in [1.54, 1.807) is 12.1 Å². The van der Waals surface area contributed by atoms with Crippen molar-refractivity contribution in [1.82, 2.24) is 4.90 Å². The number of ether oxygens (including phenoxy) is 1. The Kier molecular flexibility index (Phi) is 4.08. The number of primary amides is 1. The number of esters is 1. The highest BCUT2D eigenvalue weighted by Gasteiger charge is 2.28. The maximum atomic E-state index is 11.7. The van der Waals surface area contributed by atoms with E-state index in [1.807, 2.05) is 0 Å². The third kappa shape index (κ3) is 2.94. The van der Waals surface area contributed by atoms with E-state index in [2.05, 4.69) is 0 Å². The van der Waals surface area contributed by atoms with Gasteiger partial charge < -0.3 is 15.4 Å². The lowest BCUT2D eigenvalue weighted by Crippen LogP contribution is -2.41. The molecule has 1 fully saturated rings. The molecule has 1 aromatic heterocycles. The number of carbonyl (C=O) groups excluding carboxylic acids is 2.